The molecule has 3 nitrogen and oxygen atoms in total. The third-order valence-corrected chi connectivity index (χ3v) is 2.71. The summed E-state index contributed by atoms with van der Waals surface area (Å²) < 4.78 is 17.3. The highest BCUT2D eigenvalue weighted by atomic mass is 19.1. The van der Waals surface area contributed by atoms with Crippen molar-refractivity contribution in [2.45, 2.75) is 19.9 Å². The monoisotopic (exact) mass is 251 g/mol. The average Bonchev–Trinajstić information content (AvgIpc) is 2.38. The zero-order chi connectivity index (χ0) is 13.5. The van der Waals surface area contributed by atoms with Crippen LogP contribution in [0, 0.1) is 5.82 Å². The van der Waals surface area contributed by atoms with Crippen molar-refractivity contribution in [3.05, 3.63) is 47.3 Å². The lowest BCUT2D eigenvalue weighted by molar-refractivity contribution is -0.136. The molecule has 0 amide bonds. The fraction of sp³-hybridized carbons (Fsp3) is 0.357. The van der Waals surface area contributed by atoms with E-state index < -0.39 is 0 Å². The Kier molecular flexibility index (Phi) is 5.52. The van der Waals surface area contributed by atoms with Crippen LogP contribution in [0.15, 0.2) is 35.9 Å². The first-order chi connectivity index (χ1) is 8.54. The maximum atomic E-state index is 12.8. The SMILES string of the molecule is COC(=O)/C(C)=C/CNC(C)c1ccc(F)cc1. The largest absolute Gasteiger partial charge is 0.466 e. The summed E-state index contributed by atoms with van der Waals surface area (Å²) >= 11 is 0. The fourth-order valence-corrected chi connectivity index (χ4v) is 1.50. The van der Waals surface area contributed by atoms with Crippen LogP contribution in [0.4, 0.5) is 4.39 Å². The summed E-state index contributed by atoms with van der Waals surface area (Å²) in [7, 11) is 1.36. The van der Waals surface area contributed by atoms with Crippen LogP contribution in [0.1, 0.15) is 25.5 Å². The van der Waals surface area contributed by atoms with E-state index in [-0.39, 0.29) is 17.8 Å². The minimum absolute atomic E-state index is 0.0901. The normalized spacial score (nSPS) is 13.2. The van der Waals surface area contributed by atoms with Gasteiger partial charge in [0.1, 0.15) is 5.82 Å². The standard InChI is InChI=1S/C14H18FNO2/c1-10(14(17)18-3)8-9-16-11(2)12-4-6-13(15)7-5-12/h4-8,11,16H,9H2,1-3H3/b10-8+. The quantitative estimate of drug-likeness (QED) is 0.645. The highest BCUT2D eigenvalue weighted by molar-refractivity contribution is 5.87. The minimum atomic E-state index is -0.328. The average molecular weight is 251 g/mol. The van der Waals surface area contributed by atoms with Crippen molar-refractivity contribution in [2.75, 3.05) is 13.7 Å². The van der Waals surface area contributed by atoms with Gasteiger partial charge in [-0.1, -0.05) is 18.2 Å². The van der Waals surface area contributed by atoms with Gasteiger partial charge in [-0.2, -0.15) is 0 Å². The van der Waals surface area contributed by atoms with Gasteiger partial charge in [-0.25, -0.2) is 9.18 Å². The minimum Gasteiger partial charge on any atom is -0.466 e. The first kappa shape index (κ1) is 14.4. The molecule has 1 rings (SSSR count). The highest BCUT2D eigenvalue weighted by Gasteiger charge is 2.05. The molecule has 0 aliphatic carbocycles. The van der Waals surface area contributed by atoms with Crippen LogP contribution in [-0.4, -0.2) is 19.6 Å². The van der Waals surface area contributed by atoms with Gasteiger partial charge < -0.3 is 10.1 Å². The molecule has 1 unspecified atom stereocenters. The van der Waals surface area contributed by atoms with Gasteiger partial charge in [0.15, 0.2) is 0 Å². The lowest BCUT2D eigenvalue weighted by Gasteiger charge is -2.12. The van der Waals surface area contributed by atoms with Gasteiger partial charge in [-0.3, -0.25) is 0 Å². The predicted molar refractivity (Wildman–Crippen MR) is 68.6 cm³/mol. The molecule has 1 N–H and O–H groups in total. The lowest BCUT2D eigenvalue weighted by atomic mass is 10.1. The molecule has 0 aromatic heterocycles. The van der Waals surface area contributed by atoms with Crippen LogP contribution in [0.2, 0.25) is 0 Å². The second kappa shape index (κ2) is 6.91. The second-order valence-electron chi connectivity index (χ2n) is 4.06. The van der Waals surface area contributed by atoms with E-state index in [1.165, 1.54) is 19.2 Å². The van der Waals surface area contributed by atoms with Crippen LogP contribution in [0.5, 0.6) is 0 Å². The van der Waals surface area contributed by atoms with Gasteiger partial charge in [-0.05, 0) is 31.5 Å². The fourth-order valence-electron chi connectivity index (χ4n) is 1.50. The van der Waals surface area contributed by atoms with Crippen molar-refractivity contribution < 1.29 is 13.9 Å². The topological polar surface area (TPSA) is 38.3 Å². The van der Waals surface area contributed by atoms with Crippen LogP contribution >= 0.6 is 0 Å². The molecule has 0 saturated carbocycles. The molecule has 1 aromatic carbocycles. The van der Waals surface area contributed by atoms with E-state index in [1.54, 1.807) is 25.1 Å². The number of hydrogen-bond donors (Lipinski definition) is 1. The summed E-state index contributed by atoms with van der Waals surface area (Å²) in [5.74, 6) is -0.571. The number of esters is 1. The van der Waals surface area contributed by atoms with Crippen LogP contribution in [0.3, 0.4) is 0 Å². The molecule has 0 spiro atoms. The molecule has 0 aliphatic rings. The Bertz CT molecular complexity index is 426. The molecule has 0 radical (unpaired) electrons. The first-order valence-corrected chi connectivity index (χ1v) is 5.78. The van der Waals surface area contributed by atoms with Crippen LogP contribution < -0.4 is 5.32 Å². The number of rotatable bonds is 5. The molecule has 18 heavy (non-hydrogen) atoms. The van der Waals surface area contributed by atoms with Gasteiger partial charge in [0.05, 0.1) is 7.11 Å². The smallest absolute Gasteiger partial charge is 0.333 e. The number of nitrogens with one attached hydrogen (secondary N) is 1. The Morgan fingerprint density at radius 3 is 2.61 bits per heavy atom. The Morgan fingerprint density at radius 1 is 1.44 bits per heavy atom. The third kappa shape index (κ3) is 4.30. The van der Waals surface area contributed by atoms with Crippen molar-refractivity contribution in [3.8, 4) is 0 Å². The molecule has 1 aromatic rings. The summed E-state index contributed by atoms with van der Waals surface area (Å²) in [6.45, 7) is 4.24. The number of carbonyl (C=O) groups is 1. The van der Waals surface area contributed by atoms with Gasteiger partial charge in [0.2, 0.25) is 0 Å². The van der Waals surface area contributed by atoms with Crippen LogP contribution in [-0.2, 0) is 9.53 Å². The van der Waals surface area contributed by atoms with E-state index in [1.807, 2.05) is 6.92 Å². The predicted octanol–water partition coefficient (Wildman–Crippen LogP) is 2.60. The van der Waals surface area contributed by atoms with E-state index in [0.29, 0.717) is 12.1 Å². The molecule has 0 heterocycles. The summed E-state index contributed by atoms with van der Waals surface area (Å²) in [4.78, 5) is 11.1. The van der Waals surface area contributed by atoms with Crippen molar-refractivity contribution in [1.29, 1.82) is 0 Å². The van der Waals surface area contributed by atoms with Crippen molar-refractivity contribution >= 4 is 5.97 Å². The molecule has 98 valence electrons. The van der Waals surface area contributed by atoms with Crippen molar-refractivity contribution in [3.63, 3.8) is 0 Å². The summed E-state index contributed by atoms with van der Waals surface area (Å²) in [6.07, 6.45) is 1.77. The number of ether oxygens (including phenoxy) is 1. The molecule has 4 heteroatoms. The van der Waals surface area contributed by atoms with E-state index in [4.69, 9.17) is 0 Å². The molecule has 0 bridgehead atoms. The summed E-state index contributed by atoms with van der Waals surface area (Å²) in [5, 5.41) is 3.22. The lowest BCUT2D eigenvalue weighted by Crippen LogP contribution is -2.19. The second-order valence-corrected chi connectivity index (χ2v) is 4.06. The molecule has 0 aliphatic heterocycles. The number of carbonyl (C=O) groups excluding carboxylic acids is 1. The van der Waals surface area contributed by atoms with E-state index >= 15 is 0 Å². The van der Waals surface area contributed by atoms with Gasteiger partial charge in [-0.15, -0.1) is 0 Å². The van der Waals surface area contributed by atoms with E-state index in [0.717, 1.165) is 5.56 Å². The highest BCUT2D eigenvalue weighted by Crippen LogP contribution is 2.12. The van der Waals surface area contributed by atoms with Gasteiger partial charge in [0, 0.05) is 18.2 Å². The summed E-state index contributed by atoms with van der Waals surface area (Å²) in [5.41, 5.74) is 1.57. The van der Waals surface area contributed by atoms with Crippen molar-refractivity contribution in [2.24, 2.45) is 0 Å². The van der Waals surface area contributed by atoms with Gasteiger partial charge >= 0.3 is 5.97 Å². The maximum absolute atomic E-state index is 12.8. The molecular formula is C14H18FNO2. The Balaban J connectivity index is 2.49. The molecule has 1 atom stereocenters. The van der Waals surface area contributed by atoms with Gasteiger partial charge in [0.25, 0.3) is 0 Å². The van der Waals surface area contributed by atoms with E-state index in [9.17, 15) is 9.18 Å². The zero-order valence-electron chi connectivity index (χ0n) is 10.9. The number of hydrogen-bond acceptors (Lipinski definition) is 3. The maximum Gasteiger partial charge on any atom is 0.333 e. The number of methoxy groups -OCH3 is 1. The number of benzene rings is 1. The Morgan fingerprint density at radius 2 is 2.06 bits per heavy atom. The third-order valence-electron chi connectivity index (χ3n) is 2.71. The Labute approximate surface area is 107 Å². The van der Waals surface area contributed by atoms with Crippen LogP contribution in [0.25, 0.3) is 0 Å². The summed E-state index contributed by atoms with van der Waals surface area (Å²) in [6, 6.07) is 6.44. The zero-order valence-corrected chi connectivity index (χ0v) is 10.9. The number of halogens is 1. The molecular weight excluding hydrogens is 233 g/mol. The molecule has 0 fully saturated rings. The Hall–Kier alpha value is -1.68. The molecule has 0 saturated heterocycles. The van der Waals surface area contributed by atoms with Crippen molar-refractivity contribution in [1.82, 2.24) is 5.32 Å². The van der Waals surface area contributed by atoms with E-state index in [2.05, 4.69) is 10.1 Å². The first-order valence-electron chi connectivity index (χ1n) is 5.78.